The minimum absolute atomic E-state index is 0.108. The highest BCUT2D eigenvalue weighted by molar-refractivity contribution is 7.16. The molecule has 0 aromatic carbocycles. The molecule has 5 rings (SSSR count). The van der Waals surface area contributed by atoms with Crippen LogP contribution in [-0.2, 0) is 0 Å². The number of nitrogens with one attached hydrogen (secondary N) is 1. The fourth-order valence-corrected chi connectivity index (χ4v) is 6.79. The van der Waals surface area contributed by atoms with Gasteiger partial charge < -0.3 is 15.2 Å². The van der Waals surface area contributed by atoms with Crippen LogP contribution in [0.2, 0.25) is 0 Å². The summed E-state index contributed by atoms with van der Waals surface area (Å²) in [6, 6.07) is 4.43. The van der Waals surface area contributed by atoms with E-state index in [9.17, 15) is 4.79 Å². The van der Waals surface area contributed by atoms with Crippen molar-refractivity contribution in [3.8, 4) is 10.6 Å². The number of aryl methyl sites for hydroxylation is 2. The van der Waals surface area contributed by atoms with Crippen molar-refractivity contribution in [3.63, 3.8) is 0 Å². The number of rotatable bonds is 6. The molecule has 2 bridgehead atoms. The summed E-state index contributed by atoms with van der Waals surface area (Å²) in [5.74, 6) is 1.43. The minimum Gasteiger partial charge on any atom is -0.333 e. The molecule has 1 N–H and O–H groups in total. The van der Waals surface area contributed by atoms with E-state index in [1.165, 1.54) is 11.3 Å². The summed E-state index contributed by atoms with van der Waals surface area (Å²) in [7, 11) is 1.83. The van der Waals surface area contributed by atoms with Crippen LogP contribution in [0.5, 0.6) is 0 Å². The van der Waals surface area contributed by atoms with Gasteiger partial charge in [0.15, 0.2) is 5.13 Å². The van der Waals surface area contributed by atoms with Crippen LogP contribution >= 0.6 is 22.7 Å². The third kappa shape index (κ3) is 4.56. The van der Waals surface area contributed by atoms with Gasteiger partial charge in [-0.1, -0.05) is 0 Å². The van der Waals surface area contributed by atoms with Crippen molar-refractivity contribution in [2.24, 2.45) is 10.9 Å². The lowest BCUT2D eigenvalue weighted by Crippen LogP contribution is -2.46. The van der Waals surface area contributed by atoms with Crippen LogP contribution in [0.4, 0.5) is 10.9 Å². The zero-order valence-electron chi connectivity index (χ0n) is 19.1. The normalized spacial score (nSPS) is 22.3. The second kappa shape index (κ2) is 9.30. The molecule has 2 aliphatic rings. The number of aliphatic imine (C=N–C) groups is 1. The van der Waals surface area contributed by atoms with Gasteiger partial charge in [0.2, 0.25) is 0 Å². The summed E-state index contributed by atoms with van der Waals surface area (Å²) in [5, 5.41) is 7.12. The van der Waals surface area contributed by atoms with Crippen molar-refractivity contribution >= 4 is 45.7 Å². The summed E-state index contributed by atoms with van der Waals surface area (Å²) >= 11 is 3.19. The van der Waals surface area contributed by atoms with Crippen molar-refractivity contribution in [2.45, 2.75) is 58.0 Å². The average molecular weight is 481 g/mol. The molecule has 2 fully saturated rings. The van der Waals surface area contributed by atoms with Gasteiger partial charge in [-0.25, -0.2) is 15.0 Å². The number of thiazole rings is 2. The van der Waals surface area contributed by atoms with Crippen molar-refractivity contribution in [3.05, 3.63) is 40.0 Å². The molecule has 1 amide bonds. The molecule has 7 nitrogen and oxygen atoms in total. The van der Waals surface area contributed by atoms with E-state index >= 15 is 0 Å². The first kappa shape index (κ1) is 22.2. The second-order valence-electron chi connectivity index (χ2n) is 8.85. The predicted molar refractivity (Wildman–Crippen MR) is 135 cm³/mol. The molecule has 33 heavy (non-hydrogen) atoms. The van der Waals surface area contributed by atoms with Crippen LogP contribution in [0.1, 0.15) is 53.2 Å². The van der Waals surface area contributed by atoms with Crippen molar-refractivity contribution in [1.29, 1.82) is 0 Å². The standard InChI is InChI=1S/C24H28N6OS2/c1-14-22(33-15(2)27-14)20-13-32-24(28-20)29-21-7-4-17(12-26-21)23(31)30-18-5-6-19(30)11-16(10-18)8-9-25-3/h4,7,9,12-13,16,18-19H,5-6,8,10-11H2,1-3H3,(H,26,28,29)/b25-9+/t16-,18+,19-. The third-order valence-corrected chi connectivity index (χ3v) is 8.43. The van der Waals surface area contributed by atoms with Gasteiger partial charge in [-0.05, 0) is 70.2 Å². The molecule has 2 aliphatic heterocycles. The molecule has 9 heteroatoms. The second-order valence-corrected chi connectivity index (χ2v) is 10.9. The van der Waals surface area contributed by atoms with Crippen LogP contribution in [0, 0.1) is 19.8 Å². The highest BCUT2D eigenvalue weighted by Crippen LogP contribution is 2.40. The molecule has 3 aromatic rings. The van der Waals surface area contributed by atoms with Crippen molar-refractivity contribution in [1.82, 2.24) is 19.9 Å². The summed E-state index contributed by atoms with van der Waals surface area (Å²) in [5.41, 5.74) is 2.59. The maximum absolute atomic E-state index is 13.3. The lowest BCUT2D eigenvalue weighted by atomic mass is 9.88. The SMILES string of the molecule is C/N=C/C[C@H]1C[C@H]2CC[C@@H](C1)N2C(=O)c1ccc(Nc2nc(-c3sc(C)nc3C)cs2)nc1. The minimum atomic E-state index is 0.108. The molecule has 172 valence electrons. The third-order valence-electron chi connectivity index (χ3n) is 6.57. The van der Waals surface area contributed by atoms with E-state index in [0.29, 0.717) is 29.4 Å². The molecule has 0 aliphatic carbocycles. The smallest absolute Gasteiger partial charge is 0.255 e. The first-order valence-electron chi connectivity index (χ1n) is 11.4. The van der Waals surface area contributed by atoms with Gasteiger partial charge in [0.1, 0.15) is 5.82 Å². The largest absolute Gasteiger partial charge is 0.333 e. The Bertz CT molecular complexity index is 1150. The van der Waals surface area contributed by atoms with Crippen LogP contribution in [0.3, 0.4) is 0 Å². The molecule has 0 unspecified atom stereocenters. The molecular weight excluding hydrogens is 452 g/mol. The van der Waals surface area contributed by atoms with Gasteiger partial charge in [-0.3, -0.25) is 4.79 Å². The van der Waals surface area contributed by atoms with E-state index in [1.807, 2.05) is 44.6 Å². The summed E-state index contributed by atoms with van der Waals surface area (Å²) < 4.78 is 0. The van der Waals surface area contributed by atoms with E-state index in [1.54, 1.807) is 17.5 Å². The average Bonchev–Trinajstić information content (AvgIpc) is 3.47. The number of piperidine rings is 1. The van der Waals surface area contributed by atoms with Crippen LogP contribution in [0.25, 0.3) is 10.6 Å². The Labute approximate surface area is 202 Å². The molecule has 3 atom stereocenters. The predicted octanol–water partition coefficient (Wildman–Crippen LogP) is 5.50. The number of anilines is 2. The Morgan fingerprint density at radius 1 is 1.24 bits per heavy atom. The molecule has 0 spiro atoms. The molecule has 2 saturated heterocycles. The Kier molecular flexibility index (Phi) is 6.25. The Balaban J connectivity index is 1.24. The van der Waals surface area contributed by atoms with Gasteiger partial charge in [0.25, 0.3) is 5.91 Å². The first-order valence-corrected chi connectivity index (χ1v) is 13.1. The van der Waals surface area contributed by atoms with E-state index < -0.39 is 0 Å². The van der Waals surface area contributed by atoms with E-state index in [-0.39, 0.29) is 5.91 Å². The van der Waals surface area contributed by atoms with Gasteiger partial charge in [0.05, 0.1) is 26.8 Å². The van der Waals surface area contributed by atoms with Crippen LogP contribution < -0.4 is 5.32 Å². The highest BCUT2D eigenvalue weighted by Gasteiger charge is 2.43. The molecular formula is C24H28N6OS2. The number of hydrogen-bond donors (Lipinski definition) is 1. The first-order chi connectivity index (χ1) is 16.0. The highest BCUT2D eigenvalue weighted by atomic mass is 32.1. The summed E-state index contributed by atoms with van der Waals surface area (Å²) in [6.45, 7) is 4.02. The Hall–Kier alpha value is -2.65. The number of carbonyl (C=O) groups is 1. The number of fused-ring (bicyclic) bond motifs is 2. The number of carbonyl (C=O) groups excluding carboxylic acids is 1. The Morgan fingerprint density at radius 2 is 2.03 bits per heavy atom. The monoisotopic (exact) mass is 480 g/mol. The topological polar surface area (TPSA) is 83.4 Å². The molecule has 0 saturated carbocycles. The van der Waals surface area contributed by atoms with Gasteiger partial charge >= 0.3 is 0 Å². The summed E-state index contributed by atoms with van der Waals surface area (Å²) in [4.78, 5) is 34.3. The number of hydrogen-bond acceptors (Lipinski definition) is 8. The molecule has 5 heterocycles. The number of amides is 1. The molecule has 0 radical (unpaired) electrons. The quantitative estimate of drug-likeness (QED) is 0.471. The zero-order valence-corrected chi connectivity index (χ0v) is 20.7. The lowest BCUT2D eigenvalue weighted by molar-refractivity contribution is 0.0530. The van der Waals surface area contributed by atoms with E-state index in [4.69, 9.17) is 4.98 Å². The maximum Gasteiger partial charge on any atom is 0.255 e. The Morgan fingerprint density at radius 3 is 2.67 bits per heavy atom. The molecule has 3 aromatic heterocycles. The van der Waals surface area contributed by atoms with Crippen LogP contribution in [0.15, 0.2) is 28.7 Å². The number of pyridine rings is 1. The maximum atomic E-state index is 13.3. The lowest BCUT2D eigenvalue weighted by Gasteiger charge is -2.38. The number of aromatic nitrogens is 3. The van der Waals surface area contributed by atoms with Crippen LogP contribution in [-0.4, -0.2) is 51.1 Å². The fraction of sp³-hybridized carbons (Fsp3) is 0.458. The van der Waals surface area contributed by atoms with Gasteiger partial charge in [-0.2, -0.15) is 0 Å². The van der Waals surface area contributed by atoms with E-state index in [0.717, 1.165) is 58.5 Å². The zero-order chi connectivity index (χ0) is 22.9. The fourth-order valence-electron chi connectivity index (χ4n) is 5.13. The van der Waals surface area contributed by atoms with Crippen molar-refractivity contribution in [2.75, 3.05) is 12.4 Å². The summed E-state index contributed by atoms with van der Waals surface area (Å²) in [6.07, 6.45) is 9.09. The van der Waals surface area contributed by atoms with Crippen molar-refractivity contribution < 1.29 is 4.79 Å². The van der Waals surface area contributed by atoms with Gasteiger partial charge in [0, 0.05) is 30.7 Å². The van der Waals surface area contributed by atoms with Gasteiger partial charge in [-0.15, -0.1) is 22.7 Å². The number of nitrogens with zero attached hydrogens (tertiary/aromatic N) is 5. The van der Waals surface area contributed by atoms with E-state index in [2.05, 4.69) is 25.2 Å².